The second kappa shape index (κ2) is 5.12. The smallest absolute Gasteiger partial charge is 0.258 e. The Hall–Kier alpha value is -2.36. The molecule has 17 heavy (non-hydrogen) atoms. The van der Waals surface area contributed by atoms with Crippen LogP contribution in [0.25, 0.3) is 6.08 Å². The summed E-state index contributed by atoms with van der Waals surface area (Å²) in [6.45, 7) is 0.192. The fourth-order valence-corrected chi connectivity index (χ4v) is 1.47. The van der Waals surface area contributed by atoms with Crippen molar-refractivity contribution in [1.82, 2.24) is 10.6 Å². The van der Waals surface area contributed by atoms with Gasteiger partial charge in [0.2, 0.25) is 0 Å². The number of nitrogens with one attached hydrogen (secondary N) is 2. The Kier molecular flexibility index (Phi) is 3.35. The van der Waals surface area contributed by atoms with Gasteiger partial charge >= 0.3 is 0 Å². The normalized spacial score (nSPS) is 15.6. The van der Waals surface area contributed by atoms with Crippen LogP contribution in [0.1, 0.15) is 5.56 Å². The zero-order valence-electron chi connectivity index (χ0n) is 9.14. The van der Waals surface area contributed by atoms with Crippen LogP contribution < -0.4 is 10.6 Å². The van der Waals surface area contributed by atoms with E-state index in [0.717, 1.165) is 5.56 Å². The Morgan fingerprint density at radius 3 is 2.29 bits per heavy atom. The first-order valence-corrected chi connectivity index (χ1v) is 5.27. The Balaban J connectivity index is 2.12. The number of hydrogen-bond donors (Lipinski definition) is 2. The van der Waals surface area contributed by atoms with E-state index in [-0.39, 0.29) is 24.1 Å². The fraction of sp³-hybridized carbons (Fsp3) is 0.0769. The Morgan fingerprint density at radius 2 is 1.65 bits per heavy atom. The maximum Gasteiger partial charge on any atom is 0.258 e. The molecule has 1 fully saturated rings. The molecule has 1 aliphatic heterocycles. The summed E-state index contributed by atoms with van der Waals surface area (Å²) in [7, 11) is 0. The first kappa shape index (κ1) is 11.1. The molecule has 1 saturated heterocycles. The van der Waals surface area contributed by atoms with Crippen molar-refractivity contribution in [3.8, 4) is 0 Å². The monoisotopic (exact) mass is 228 g/mol. The Labute approximate surface area is 99.0 Å². The topological polar surface area (TPSA) is 58.2 Å². The lowest BCUT2D eigenvalue weighted by Gasteiger charge is -2.14. The van der Waals surface area contributed by atoms with Gasteiger partial charge in [0.05, 0.1) is 6.67 Å². The SMILES string of the molecule is O=C1NCNC(=O)C1=CC=Cc1ccccc1. The lowest BCUT2D eigenvalue weighted by atomic mass is 10.1. The van der Waals surface area contributed by atoms with Gasteiger partial charge in [0.25, 0.3) is 11.8 Å². The third-order valence-electron chi connectivity index (χ3n) is 2.34. The van der Waals surface area contributed by atoms with Crippen LogP contribution in [0.15, 0.2) is 48.1 Å². The van der Waals surface area contributed by atoms with Gasteiger partial charge in [-0.2, -0.15) is 0 Å². The molecule has 86 valence electrons. The molecule has 1 aromatic carbocycles. The maximum absolute atomic E-state index is 11.4. The molecule has 1 heterocycles. The number of benzene rings is 1. The van der Waals surface area contributed by atoms with Gasteiger partial charge in [-0.3, -0.25) is 9.59 Å². The van der Waals surface area contributed by atoms with Gasteiger partial charge in [-0.15, -0.1) is 0 Å². The molecule has 4 nitrogen and oxygen atoms in total. The lowest BCUT2D eigenvalue weighted by Crippen LogP contribution is -2.47. The molecule has 0 unspecified atom stereocenters. The molecular weight excluding hydrogens is 216 g/mol. The molecule has 0 atom stereocenters. The van der Waals surface area contributed by atoms with Crippen molar-refractivity contribution in [2.75, 3.05) is 6.67 Å². The van der Waals surface area contributed by atoms with E-state index in [1.807, 2.05) is 36.4 Å². The number of carbonyl (C=O) groups excluding carboxylic acids is 2. The van der Waals surface area contributed by atoms with Crippen LogP contribution in [0.3, 0.4) is 0 Å². The van der Waals surface area contributed by atoms with E-state index in [1.54, 1.807) is 6.08 Å². The van der Waals surface area contributed by atoms with Gasteiger partial charge in [-0.1, -0.05) is 42.5 Å². The van der Waals surface area contributed by atoms with E-state index in [2.05, 4.69) is 10.6 Å². The molecule has 0 bridgehead atoms. The number of hydrogen-bond acceptors (Lipinski definition) is 2. The summed E-state index contributed by atoms with van der Waals surface area (Å²) in [6.07, 6.45) is 5.04. The quantitative estimate of drug-likeness (QED) is 0.582. The molecule has 2 amide bonds. The molecule has 0 radical (unpaired) electrons. The predicted molar refractivity (Wildman–Crippen MR) is 64.7 cm³/mol. The van der Waals surface area contributed by atoms with Crippen molar-refractivity contribution in [3.05, 3.63) is 53.6 Å². The van der Waals surface area contributed by atoms with Crippen molar-refractivity contribution in [3.63, 3.8) is 0 Å². The molecule has 1 aromatic rings. The van der Waals surface area contributed by atoms with E-state index in [1.165, 1.54) is 6.08 Å². The molecule has 4 heteroatoms. The summed E-state index contributed by atoms with van der Waals surface area (Å²) in [6, 6.07) is 9.66. The van der Waals surface area contributed by atoms with Crippen molar-refractivity contribution in [1.29, 1.82) is 0 Å². The molecule has 2 N–H and O–H groups in total. The third-order valence-corrected chi connectivity index (χ3v) is 2.34. The van der Waals surface area contributed by atoms with Crippen LogP contribution >= 0.6 is 0 Å². The van der Waals surface area contributed by atoms with Crippen molar-refractivity contribution < 1.29 is 9.59 Å². The summed E-state index contributed by atoms with van der Waals surface area (Å²) < 4.78 is 0. The summed E-state index contributed by atoms with van der Waals surface area (Å²) >= 11 is 0. The summed E-state index contributed by atoms with van der Waals surface area (Å²) in [5.74, 6) is -0.682. The molecule has 0 saturated carbocycles. The van der Waals surface area contributed by atoms with Crippen molar-refractivity contribution in [2.45, 2.75) is 0 Å². The van der Waals surface area contributed by atoms with E-state index >= 15 is 0 Å². The highest BCUT2D eigenvalue weighted by atomic mass is 16.2. The first-order chi connectivity index (χ1) is 8.27. The van der Waals surface area contributed by atoms with Crippen LogP contribution in [0, 0.1) is 0 Å². The second-order valence-electron chi connectivity index (χ2n) is 3.54. The van der Waals surface area contributed by atoms with Crippen LogP contribution in [0.5, 0.6) is 0 Å². The highest BCUT2D eigenvalue weighted by molar-refractivity contribution is 6.20. The molecule has 0 spiro atoms. The lowest BCUT2D eigenvalue weighted by molar-refractivity contribution is -0.126. The molecule has 0 aromatic heterocycles. The average Bonchev–Trinajstić information content (AvgIpc) is 2.34. The minimum atomic E-state index is -0.341. The second-order valence-corrected chi connectivity index (χ2v) is 3.54. The van der Waals surface area contributed by atoms with Gasteiger partial charge in [-0.05, 0) is 11.6 Å². The largest absolute Gasteiger partial charge is 0.334 e. The van der Waals surface area contributed by atoms with Gasteiger partial charge < -0.3 is 10.6 Å². The van der Waals surface area contributed by atoms with Crippen LogP contribution in [0.4, 0.5) is 0 Å². The van der Waals surface area contributed by atoms with E-state index in [0.29, 0.717) is 0 Å². The average molecular weight is 228 g/mol. The van der Waals surface area contributed by atoms with Crippen molar-refractivity contribution in [2.24, 2.45) is 0 Å². The van der Waals surface area contributed by atoms with Gasteiger partial charge in [-0.25, -0.2) is 0 Å². The molecular formula is C13H12N2O2. The van der Waals surface area contributed by atoms with Gasteiger partial charge in [0.1, 0.15) is 5.57 Å². The number of carbonyl (C=O) groups is 2. The first-order valence-electron chi connectivity index (χ1n) is 5.27. The van der Waals surface area contributed by atoms with E-state index in [4.69, 9.17) is 0 Å². The predicted octanol–water partition coefficient (Wildman–Crippen LogP) is 0.830. The van der Waals surface area contributed by atoms with Crippen LogP contribution in [0.2, 0.25) is 0 Å². The molecule has 0 aliphatic carbocycles. The van der Waals surface area contributed by atoms with Gasteiger partial charge in [0, 0.05) is 0 Å². The van der Waals surface area contributed by atoms with E-state index in [9.17, 15) is 9.59 Å². The third kappa shape index (κ3) is 2.81. The number of rotatable bonds is 2. The minimum Gasteiger partial charge on any atom is -0.334 e. The van der Waals surface area contributed by atoms with Gasteiger partial charge in [0.15, 0.2) is 0 Å². The summed E-state index contributed by atoms with van der Waals surface area (Å²) in [4.78, 5) is 22.7. The van der Waals surface area contributed by atoms with E-state index < -0.39 is 0 Å². The standard InChI is InChI=1S/C13H12N2O2/c16-12-11(13(17)15-9-14-12)8-4-7-10-5-2-1-3-6-10/h1-8H,9H2,(H,14,16)(H,15,17). The Morgan fingerprint density at radius 1 is 1.00 bits per heavy atom. The van der Waals surface area contributed by atoms with Crippen LogP contribution in [-0.4, -0.2) is 18.5 Å². The Bertz CT molecular complexity index is 471. The fourth-order valence-electron chi connectivity index (χ4n) is 1.47. The van der Waals surface area contributed by atoms with Crippen LogP contribution in [-0.2, 0) is 9.59 Å². The van der Waals surface area contributed by atoms with Crippen molar-refractivity contribution >= 4 is 17.9 Å². The molecule has 2 rings (SSSR count). The summed E-state index contributed by atoms with van der Waals surface area (Å²) in [5, 5.41) is 5.08. The highest BCUT2D eigenvalue weighted by Crippen LogP contribution is 2.04. The maximum atomic E-state index is 11.4. The highest BCUT2D eigenvalue weighted by Gasteiger charge is 2.20. The number of allylic oxidation sites excluding steroid dienone is 2. The molecule has 1 aliphatic rings. The zero-order valence-corrected chi connectivity index (χ0v) is 9.14. The summed E-state index contributed by atoms with van der Waals surface area (Å²) in [5.41, 5.74) is 1.14. The minimum absolute atomic E-state index is 0.128. The zero-order chi connectivity index (χ0) is 12.1. The number of amides is 2.